The van der Waals surface area contributed by atoms with Crippen molar-refractivity contribution in [3.63, 3.8) is 0 Å². The minimum Gasteiger partial charge on any atom is -0.379 e. The molecule has 2 nitrogen and oxygen atoms in total. The molecule has 74 valence electrons. The van der Waals surface area contributed by atoms with Crippen LogP contribution in [0, 0.1) is 6.92 Å². The maximum Gasteiger partial charge on any atom is 0.0659 e. The molecule has 1 atom stereocenters. The van der Waals surface area contributed by atoms with Crippen molar-refractivity contribution in [1.82, 2.24) is 0 Å². The predicted molar refractivity (Wildman–Crippen MR) is 57.1 cm³/mol. The second kappa shape index (κ2) is 5.37. The highest BCUT2D eigenvalue weighted by atomic mass is 32.1. The molecule has 0 amide bonds. The number of hydrogen-bond acceptors (Lipinski definition) is 3. The smallest absolute Gasteiger partial charge is 0.0659 e. The van der Waals surface area contributed by atoms with Gasteiger partial charge in [-0.25, -0.2) is 0 Å². The molecule has 0 aromatic carbocycles. The molecule has 0 bridgehead atoms. The topological polar surface area (TPSA) is 35.2 Å². The minimum absolute atomic E-state index is 0.0384. The SMILES string of the molecule is CCCOCC(N)c1csc(C)c1. The zero-order valence-corrected chi connectivity index (χ0v) is 9.06. The van der Waals surface area contributed by atoms with Crippen molar-refractivity contribution in [1.29, 1.82) is 0 Å². The van der Waals surface area contributed by atoms with E-state index in [0.29, 0.717) is 6.61 Å². The van der Waals surface area contributed by atoms with E-state index in [-0.39, 0.29) is 6.04 Å². The van der Waals surface area contributed by atoms with Crippen LogP contribution in [0.2, 0.25) is 0 Å². The van der Waals surface area contributed by atoms with Gasteiger partial charge in [0.15, 0.2) is 0 Å². The summed E-state index contributed by atoms with van der Waals surface area (Å²) < 4.78 is 5.39. The van der Waals surface area contributed by atoms with Gasteiger partial charge in [-0.1, -0.05) is 6.92 Å². The van der Waals surface area contributed by atoms with Gasteiger partial charge >= 0.3 is 0 Å². The first-order chi connectivity index (χ1) is 6.24. The molecule has 0 radical (unpaired) electrons. The Balaban J connectivity index is 2.35. The molecule has 1 aromatic heterocycles. The Kier molecular flexibility index (Phi) is 4.42. The summed E-state index contributed by atoms with van der Waals surface area (Å²) in [4.78, 5) is 1.31. The molecule has 0 saturated carbocycles. The summed E-state index contributed by atoms with van der Waals surface area (Å²) in [5.74, 6) is 0. The molecule has 1 unspecified atom stereocenters. The molecule has 13 heavy (non-hydrogen) atoms. The van der Waals surface area contributed by atoms with E-state index < -0.39 is 0 Å². The van der Waals surface area contributed by atoms with Crippen LogP contribution in [0.5, 0.6) is 0 Å². The largest absolute Gasteiger partial charge is 0.379 e. The lowest BCUT2D eigenvalue weighted by Gasteiger charge is -2.09. The third-order valence-corrected chi connectivity index (χ3v) is 2.70. The molecule has 1 aromatic rings. The van der Waals surface area contributed by atoms with Crippen molar-refractivity contribution in [2.75, 3.05) is 13.2 Å². The summed E-state index contributed by atoms with van der Waals surface area (Å²) >= 11 is 1.74. The standard InChI is InChI=1S/C10H17NOS/c1-3-4-12-6-10(11)9-5-8(2)13-7-9/h5,7,10H,3-4,6,11H2,1-2H3. The third-order valence-electron chi connectivity index (χ3n) is 1.82. The second-order valence-corrected chi connectivity index (χ2v) is 4.29. The van der Waals surface area contributed by atoms with Crippen molar-refractivity contribution in [2.24, 2.45) is 5.73 Å². The molecular weight excluding hydrogens is 182 g/mol. The monoisotopic (exact) mass is 199 g/mol. The molecule has 3 heteroatoms. The Hall–Kier alpha value is -0.380. The van der Waals surface area contributed by atoms with Gasteiger partial charge in [0.2, 0.25) is 0 Å². The molecule has 2 N–H and O–H groups in total. The lowest BCUT2D eigenvalue weighted by atomic mass is 10.2. The Bertz CT molecular complexity index is 247. The molecule has 1 heterocycles. The van der Waals surface area contributed by atoms with E-state index in [4.69, 9.17) is 10.5 Å². The van der Waals surface area contributed by atoms with Crippen LogP contribution in [0.25, 0.3) is 0 Å². The van der Waals surface area contributed by atoms with Crippen molar-refractivity contribution in [3.8, 4) is 0 Å². The zero-order chi connectivity index (χ0) is 9.68. The summed E-state index contributed by atoms with van der Waals surface area (Å²) in [7, 11) is 0. The summed E-state index contributed by atoms with van der Waals surface area (Å²) in [6, 6.07) is 2.17. The van der Waals surface area contributed by atoms with Gasteiger partial charge in [-0.2, -0.15) is 0 Å². The molecular formula is C10H17NOS. The lowest BCUT2D eigenvalue weighted by molar-refractivity contribution is 0.121. The summed E-state index contributed by atoms with van der Waals surface area (Å²) in [5.41, 5.74) is 7.12. The van der Waals surface area contributed by atoms with Crippen molar-refractivity contribution < 1.29 is 4.74 Å². The third kappa shape index (κ3) is 3.46. The summed E-state index contributed by atoms with van der Waals surface area (Å²) in [5, 5.41) is 2.11. The van der Waals surface area contributed by atoms with Gasteiger partial charge in [0.05, 0.1) is 12.6 Å². The van der Waals surface area contributed by atoms with Gasteiger partial charge in [0.1, 0.15) is 0 Å². The zero-order valence-electron chi connectivity index (χ0n) is 8.25. The van der Waals surface area contributed by atoms with E-state index in [2.05, 4.69) is 25.3 Å². The Morgan fingerprint density at radius 1 is 1.62 bits per heavy atom. The van der Waals surface area contributed by atoms with E-state index in [1.54, 1.807) is 11.3 Å². The molecule has 0 aliphatic heterocycles. The highest BCUT2D eigenvalue weighted by molar-refractivity contribution is 7.10. The first-order valence-corrected chi connectivity index (χ1v) is 5.50. The normalized spacial score (nSPS) is 13.2. The highest BCUT2D eigenvalue weighted by Gasteiger charge is 2.06. The van der Waals surface area contributed by atoms with Crippen LogP contribution in [0.4, 0.5) is 0 Å². The summed E-state index contributed by atoms with van der Waals surface area (Å²) in [6.07, 6.45) is 1.05. The van der Waals surface area contributed by atoms with Gasteiger partial charge < -0.3 is 10.5 Å². The summed E-state index contributed by atoms with van der Waals surface area (Å²) in [6.45, 7) is 5.62. The highest BCUT2D eigenvalue weighted by Crippen LogP contribution is 2.18. The Labute approximate surface area is 83.7 Å². The van der Waals surface area contributed by atoms with Crippen LogP contribution in [0.15, 0.2) is 11.4 Å². The number of nitrogens with two attached hydrogens (primary N) is 1. The Morgan fingerprint density at radius 2 is 2.38 bits per heavy atom. The quantitative estimate of drug-likeness (QED) is 0.739. The van der Waals surface area contributed by atoms with Crippen LogP contribution in [0.1, 0.15) is 29.8 Å². The first kappa shape index (κ1) is 10.7. The maximum atomic E-state index is 5.93. The van der Waals surface area contributed by atoms with Crippen molar-refractivity contribution >= 4 is 11.3 Å². The fourth-order valence-corrected chi connectivity index (χ4v) is 1.88. The Morgan fingerprint density at radius 3 is 2.92 bits per heavy atom. The molecule has 0 aliphatic rings. The van der Waals surface area contributed by atoms with E-state index in [1.807, 2.05) is 0 Å². The van der Waals surface area contributed by atoms with Crippen LogP contribution >= 0.6 is 11.3 Å². The first-order valence-electron chi connectivity index (χ1n) is 4.62. The van der Waals surface area contributed by atoms with Gasteiger partial charge in [-0.3, -0.25) is 0 Å². The van der Waals surface area contributed by atoms with Crippen LogP contribution < -0.4 is 5.73 Å². The van der Waals surface area contributed by atoms with Crippen molar-refractivity contribution in [3.05, 3.63) is 21.9 Å². The molecule has 0 spiro atoms. The van der Waals surface area contributed by atoms with Crippen LogP contribution in [-0.4, -0.2) is 13.2 Å². The number of rotatable bonds is 5. The minimum atomic E-state index is 0.0384. The van der Waals surface area contributed by atoms with Gasteiger partial charge in [0, 0.05) is 11.5 Å². The number of aryl methyl sites for hydroxylation is 1. The average Bonchev–Trinajstić information content (AvgIpc) is 2.52. The second-order valence-electron chi connectivity index (χ2n) is 3.17. The predicted octanol–water partition coefficient (Wildman–Crippen LogP) is 2.48. The van der Waals surface area contributed by atoms with E-state index in [1.165, 1.54) is 10.4 Å². The fraction of sp³-hybridized carbons (Fsp3) is 0.600. The van der Waals surface area contributed by atoms with E-state index in [0.717, 1.165) is 13.0 Å². The van der Waals surface area contributed by atoms with Crippen LogP contribution in [-0.2, 0) is 4.74 Å². The van der Waals surface area contributed by atoms with Gasteiger partial charge in [-0.05, 0) is 30.4 Å². The number of hydrogen-bond donors (Lipinski definition) is 1. The van der Waals surface area contributed by atoms with Crippen molar-refractivity contribution in [2.45, 2.75) is 26.3 Å². The van der Waals surface area contributed by atoms with E-state index >= 15 is 0 Å². The van der Waals surface area contributed by atoms with Gasteiger partial charge in [-0.15, -0.1) is 11.3 Å². The molecule has 0 fully saturated rings. The number of thiophene rings is 1. The molecule has 0 saturated heterocycles. The maximum absolute atomic E-state index is 5.93. The number of ether oxygens (including phenoxy) is 1. The van der Waals surface area contributed by atoms with E-state index in [9.17, 15) is 0 Å². The molecule has 0 aliphatic carbocycles. The average molecular weight is 199 g/mol. The lowest BCUT2D eigenvalue weighted by Crippen LogP contribution is -2.16. The molecule has 1 rings (SSSR count). The fourth-order valence-electron chi connectivity index (χ4n) is 1.11. The van der Waals surface area contributed by atoms with Crippen LogP contribution in [0.3, 0.4) is 0 Å². The van der Waals surface area contributed by atoms with Gasteiger partial charge in [0.25, 0.3) is 0 Å².